The van der Waals surface area contributed by atoms with Crippen molar-refractivity contribution in [1.82, 2.24) is 9.80 Å². The van der Waals surface area contributed by atoms with Gasteiger partial charge in [0.1, 0.15) is 11.5 Å². The Bertz CT molecular complexity index is 1110. The molecule has 7 nitrogen and oxygen atoms in total. The van der Waals surface area contributed by atoms with Crippen molar-refractivity contribution in [3.8, 4) is 5.75 Å². The summed E-state index contributed by atoms with van der Waals surface area (Å²) in [5.74, 6) is -1.01. The number of rotatable bonds is 8. The molecule has 2 fully saturated rings. The average Bonchev–Trinajstić information content (AvgIpc) is 3.11. The molecule has 1 atom stereocenters. The average molecular weight is 519 g/mol. The third-order valence-corrected chi connectivity index (χ3v) is 6.72. The topological polar surface area (TPSA) is 79.3 Å². The summed E-state index contributed by atoms with van der Waals surface area (Å²) in [7, 11) is 0. The summed E-state index contributed by atoms with van der Waals surface area (Å²) < 4.78 is 11.0. The van der Waals surface area contributed by atoms with Crippen LogP contribution in [0.3, 0.4) is 0 Å². The van der Waals surface area contributed by atoms with Crippen LogP contribution in [0.25, 0.3) is 5.76 Å². The highest BCUT2D eigenvalue weighted by Crippen LogP contribution is 2.42. The molecule has 0 saturated carbocycles. The van der Waals surface area contributed by atoms with Gasteiger partial charge in [-0.3, -0.25) is 14.5 Å². The first-order chi connectivity index (χ1) is 16.9. The zero-order chi connectivity index (χ0) is 24.9. The Morgan fingerprint density at radius 1 is 1.09 bits per heavy atom. The number of amides is 1. The number of likely N-dealkylation sites (tertiary alicyclic amines) is 1. The van der Waals surface area contributed by atoms with Gasteiger partial charge < -0.3 is 19.5 Å². The minimum Gasteiger partial charge on any atom is -0.507 e. The number of nitrogens with zero attached hydrogens (tertiary/aromatic N) is 2. The van der Waals surface area contributed by atoms with E-state index in [1.807, 2.05) is 6.92 Å². The van der Waals surface area contributed by atoms with E-state index in [2.05, 4.69) is 4.90 Å². The number of hydrogen-bond acceptors (Lipinski definition) is 6. The second-order valence-electron chi connectivity index (χ2n) is 8.49. The standard InChI is InChI=1S/C26H28Cl2N2O5/c1-2-13-35-19-6-3-17(4-7-19)24(31)22-23(20-8-5-18(27)16-21(20)28)30(26(33)25(22)32)10-9-29-11-14-34-15-12-29/h3-8,16,23,31H,2,9-15H2,1H3/b24-22+. The molecule has 4 rings (SSSR count). The Hall–Kier alpha value is -2.58. The van der Waals surface area contributed by atoms with E-state index < -0.39 is 17.7 Å². The molecule has 186 valence electrons. The zero-order valence-corrected chi connectivity index (χ0v) is 21.0. The van der Waals surface area contributed by atoms with Crippen molar-refractivity contribution in [3.05, 3.63) is 69.2 Å². The molecule has 0 bridgehead atoms. The minimum atomic E-state index is -0.836. The quantitative estimate of drug-likeness (QED) is 0.314. The number of halogens is 2. The molecule has 9 heteroatoms. The molecule has 1 N–H and O–H groups in total. The van der Waals surface area contributed by atoms with E-state index in [0.29, 0.717) is 59.8 Å². The SMILES string of the molecule is CCCOc1ccc(/C(O)=C2\C(=O)C(=O)N(CCN3CCOCC3)C2c2ccc(Cl)cc2Cl)cc1. The third kappa shape index (κ3) is 5.64. The van der Waals surface area contributed by atoms with Gasteiger partial charge in [0.2, 0.25) is 0 Å². The summed E-state index contributed by atoms with van der Waals surface area (Å²) in [4.78, 5) is 30.0. The first kappa shape index (κ1) is 25.5. The summed E-state index contributed by atoms with van der Waals surface area (Å²) in [6, 6.07) is 10.9. The molecule has 2 heterocycles. The van der Waals surface area contributed by atoms with E-state index >= 15 is 0 Å². The van der Waals surface area contributed by atoms with E-state index in [0.717, 1.165) is 19.5 Å². The van der Waals surface area contributed by atoms with E-state index in [4.69, 9.17) is 32.7 Å². The lowest BCUT2D eigenvalue weighted by Crippen LogP contribution is -2.42. The number of aliphatic hydroxyl groups is 1. The van der Waals surface area contributed by atoms with Crippen LogP contribution in [0.2, 0.25) is 10.0 Å². The Morgan fingerprint density at radius 3 is 2.46 bits per heavy atom. The zero-order valence-electron chi connectivity index (χ0n) is 19.5. The second kappa shape index (κ2) is 11.4. The lowest BCUT2D eigenvalue weighted by Gasteiger charge is -2.31. The highest BCUT2D eigenvalue weighted by atomic mass is 35.5. The Kier molecular flexibility index (Phi) is 8.34. The molecule has 0 radical (unpaired) electrons. The van der Waals surface area contributed by atoms with Gasteiger partial charge in [-0.05, 0) is 48.4 Å². The summed E-state index contributed by atoms with van der Waals surface area (Å²) in [5.41, 5.74) is 0.945. The second-order valence-corrected chi connectivity index (χ2v) is 9.33. The van der Waals surface area contributed by atoms with Crippen molar-refractivity contribution < 1.29 is 24.2 Å². The maximum Gasteiger partial charge on any atom is 0.295 e. The van der Waals surface area contributed by atoms with E-state index in [1.54, 1.807) is 42.5 Å². The van der Waals surface area contributed by atoms with Crippen molar-refractivity contribution >= 4 is 40.7 Å². The van der Waals surface area contributed by atoms with Gasteiger partial charge >= 0.3 is 0 Å². The smallest absolute Gasteiger partial charge is 0.295 e. The summed E-state index contributed by atoms with van der Waals surface area (Å²) in [6.45, 7) is 6.23. The molecule has 0 aromatic heterocycles. The van der Waals surface area contributed by atoms with Crippen LogP contribution < -0.4 is 4.74 Å². The van der Waals surface area contributed by atoms with Crippen LogP contribution in [0, 0.1) is 0 Å². The van der Waals surface area contributed by atoms with Crippen LogP contribution >= 0.6 is 23.2 Å². The van der Waals surface area contributed by atoms with Crippen molar-refractivity contribution in [1.29, 1.82) is 0 Å². The number of ether oxygens (including phenoxy) is 2. The van der Waals surface area contributed by atoms with Crippen LogP contribution in [0.1, 0.15) is 30.5 Å². The van der Waals surface area contributed by atoms with Crippen LogP contribution in [-0.4, -0.2) is 72.6 Å². The first-order valence-electron chi connectivity index (χ1n) is 11.7. The molecular formula is C26H28Cl2N2O5. The van der Waals surface area contributed by atoms with Crippen molar-refractivity contribution in [2.45, 2.75) is 19.4 Å². The fourth-order valence-corrected chi connectivity index (χ4v) is 4.83. The van der Waals surface area contributed by atoms with Crippen molar-refractivity contribution in [3.63, 3.8) is 0 Å². The fourth-order valence-electron chi connectivity index (χ4n) is 4.32. The van der Waals surface area contributed by atoms with Gasteiger partial charge in [-0.15, -0.1) is 0 Å². The Labute approximate surface area is 214 Å². The van der Waals surface area contributed by atoms with Gasteiger partial charge in [-0.25, -0.2) is 0 Å². The molecule has 2 aromatic carbocycles. The number of carbonyl (C=O) groups is 2. The molecule has 1 unspecified atom stereocenters. The van der Waals surface area contributed by atoms with Gasteiger partial charge in [-0.2, -0.15) is 0 Å². The lowest BCUT2D eigenvalue weighted by molar-refractivity contribution is -0.140. The normalized spacial score (nSPS) is 20.4. The number of Topliss-reactive ketones (excluding diaryl/α,β-unsaturated/α-hetero) is 1. The van der Waals surface area contributed by atoms with Crippen molar-refractivity contribution in [2.75, 3.05) is 46.0 Å². The summed E-state index contributed by atoms with van der Waals surface area (Å²) >= 11 is 12.6. The van der Waals surface area contributed by atoms with E-state index in [9.17, 15) is 14.7 Å². The molecule has 2 saturated heterocycles. The van der Waals surface area contributed by atoms with Crippen molar-refractivity contribution in [2.24, 2.45) is 0 Å². The number of carbonyl (C=O) groups excluding carboxylic acids is 2. The number of morpholine rings is 1. The highest BCUT2D eigenvalue weighted by Gasteiger charge is 2.46. The van der Waals surface area contributed by atoms with Crippen LogP contribution in [0.5, 0.6) is 5.75 Å². The maximum absolute atomic E-state index is 13.2. The fraction of sp³-hybridized carbons (Fsp3) is 0.385. The van der Waals surface area contributed by atoms with Crippen LogP contribution in [-0.2, 0) is 14.3 Å². The van der Waals surface area contributed by atoms with E-state index in [1.165, 1.54) is 4.90 Å². The Balaban J connectivity index is 1.71. The highest BCUT2D eigenvalue weighted by molar-refractivity contribution is 6.47. The van der Waals surface area contributed by atoms with Crippen LogP contribution in [0.4, 0.5) is 0 Å². The van der Waals surface area contributed by atoms with Gasteiger partial charge in [0.05, 0.1) is 31.4 Å². The van der Waals surface area contributed by atoms with Gasteiger partial charge in [0.25, 0.3) is 11.7 Å². The number of benzene rings is 2. The molecule has 2 aliphatic rings. The largest absolute Gasteiger partial charge is 0.507 e. The molecular weight excluding hydrogens is 491 g/mol. The third-order valence-electron chi connectivity index (χ3n) is 6.16. The van der Waals surface area contributed by atoms with Gasteiger partial charge in [-0.1, -0.05) is 36.2 Å². The number of aliphatic hydroxyl groups excluding tert-OH is 1. The van der Waals surface area contributed by atoms with Gasteiger partial charge in [0.15, 0.2) is 0 Å². The first-order valence-corrected chi connectivity index (χ1v) is 12.4. The molecule has 2 aliphatic heterocycles. The minimum absolute atomic E-state index is 0.00317. The summed E-state index contributed by atoms with van der Waals surface area (Å²) in [5, 5.41) is 12.0. The van der Waals surface area contributed by atoms with E-state index in [-0.39, 0.29) is 11.3 Å². The number of hydrogen-bond donors (Lipinski definition) is 1. The molecule has 2 aromatic rings. The molecule has 1 amide bonds. The van der Waals surface area contributed by atoms with Gasteiger partial charge in [0, 0.05) is 41.8 Å². The maximum atomic E-state index is 13.2. The monoisotopic (exact) mass is 518 g/mol. The van der Waals surface area contributed by atoms with Crippen LogP contribution in [0.15, 0.2) is 48.0 Å². The lowest BCUT2D eigenvalue weighted by atomic mass is 9.95. The number of ketones is 1. The summed E-state index contributed by atoms with van der Waals surface area (Å²) in [6.07, 6.45) is 0.873. The Morgan fingerprint density at radius 2 is 1.80 bits per heavy atom. The molecule has 0 aliphatic carbocycles. The molecule has 0 spiro atoms. The predicted octanol–water partition coefficient (Wildman–Crippen LogP) is 4.54. The predicted molar refractivity (Wildman–Crippen MR) is 135 cm³/mol. The molecule has 35 heavy (non-hydrogen) atoms.